The maximum atomic E-state index is 9.19. The monoisotopic (exact) mass is 254 g/mol. The van der Waals surface area contributed by atoms with Crippen LogP contribution in [0.3, 0.4) is 0 Å². The van der Waals surface area contributed by atoms with Crippen molar-refractivity contribution in [2.45, 2.75) is 32.7 Å². The second-order valence-corrected chi connectivity index (χ2v) is 4.74. The number of nitriles is 1. The van der Waals surface area contributed by atoms with Crippen LogP contribution < -0.4 is 5.32 Å². The highest BCUT2D eigenvalue weighted by atomic mass is 16.5. The standard InChI is InChI=1S/C14H14N4O/c1-9-5-12(18-19-9)8-16-14-11(7-15)6-10-3-2-4-13(10)17-14/h5-6H,2-4,8H2,1H3,(H,16,17). The van der Waals surface area contributed by atoms with Crippen molar-refractivity contribution in [3.8, 4) is 6.07 Å². The van der Waals surface area contributed by atoms with Gasteiger partial charge in [0.1, 0.15) is 23.3 Å². The van der Waals surface area contributed by atoms with Gasteiger partial charge in [0.15, 0.2) is 0 Å². The van der Waals surface area contributed by atoms with E-state index >= 15 is 0 Å². The maximum Gasteiger partial charge on any atom is 0.144 e. The lowest BCUT2D eigenvalue weighted by molar-refractivity contribution is 0.391. The molecule has 0 spiro atoms. The third kappa shape index (κ3) is 2.29. The highest BCUT2D eigenvalue weighted by Crippen LogP contribution is 2.25. The molecule has 19 heavy (non-hydrogen) atoms. The molecule has 96 valence electrons. The molecule has 5 heteroatoms. The molecule has 2 aromatic rings. The van der Waals surface area contributed by atoms with Crippen molar-refractivity contribution in [2.75, 3.05) is 5.32 Å². The molecular weight excluding hydrogens is 240 g/mol. The van der Waals surface area contributed by atoms with Crippen LogP contribution in [0.4, 0.5) is 5.82 Å². The Kier molecular flexibility index (Phi) is 2.92. The first-order chi connectivity index (χ1) is 9.26. The number of fused-ring (bicyclic) bond motifs is 1. The average Bonchev–Trinajstić information content (AvgIpc) is 3.03. The Balaban J connectivity index is 1.82. The summed E-state index contributed by atoms with van der Waals surface area (Å²) in [7, 11) is 0. The van der Waals surface area contributed by atoms with Crippen molar-refractivity contribution in [3.05, 3.63) is 40.4 Å². The van der Waals surface area contributed by atoms with E-state index in [0.717, 1.165) is 36.4 Å². The summed E-state index contributed by atoms with van der Waals surface area (Å²) in [5.74, 6) is 1.42. The Hall–Kier alpha value is -2.35. The van der Waals surface area contributed by atoms with Crippen LogP contribution in [0.15, 0.2) is 16.7 Å². The zero-order valence-corrected chi connectivity index (χ0v) is 10.7. The Bertz CT molecular complexity index is 654. The van der Waals surface area contributed by atoms with Gasteiger partial charge in [0.2, 0.25) is 0 Å². The number of nitrogens with one attached hydrogen (secondary N) is 1. The number of pyridine rings is 1. The van der Waals surface area contributed by atoms with Crippen LogP contribution in [-0.2, 0) is 19.4 Å². The summed E-state index contributed by atoms with van der Waals surface area (Å²) in [6, 6.07) is 6.02. The molecule has 0 bridgehead atoms. The number of hydrogen-bond acceptors (Lipinski definition) is 5. The molecule has 0 saturated heterocycles. The van der Waals surface area contributed by atoms with E-state index in [1.165, 1.54) is 5.56 Å². The van der Waals surface area contributed by atoms with Crippen LogP contribution in [0, 0.1) is 18.3 Å². The largest absolute Gasteiger partial charge is 0.363 e. The highest BCUT2D eigenvalue weighted by molar-refractivity contribution is 5.55. The zero-order chi connectivity index (χ0) is 13.2. The van der Waals surface area contributed by atoms with Crippen LogP contribution in [0.2, 0.25) is 0 Å². The first-order valence-corrected chi connectivity index (χ1v) is 6.35. The number of aromatic nitrogens is 2. The van der Waals surface area contributed by atoms with Crippen LogP contribution >= 0.6 is 0 Å². The molecule has 1 N–H and O–H groups in total. The van der Waals surface area contributed by atoms with E-state index in [-0.39, 0.29) is 0 Å². The van der Waals surface area contributed by atoms with Gasteiger partial charge in [0.25, 0.3) is 0 Å². The quantitative estimate of drug-likeness (QED) is 0.910. The fourth-order valence-electron chi connectivity index (χ4n) is 2.37. The third-order valence-corrected chi connectivity index (χ3v) is 3.28. The lowest BCUT2D eigenvalue weighted by atomic mass is 10.1. The van der Waals surface area contributed by atoms with E-state index in [9.17, 15) is 5.26 Å². The van der Waals surface area contributed by atoms with E-state index in [0.29, 0.717) is 17.9 Å². The summed E-state index contributed by atoms with van der Waals surface area (Å²) in [5.41, 5.74) is 3.72. The molecule has 0 unspecified atom stereocenters. The molecular formula is C14H14N4O. The minimum absolute atomic E-state index is 0.512. The number of anilines is 1. The summed E-state index contributed by atoms with van der Waals surface area (Å²) >= 11 is 0. The Morgan fingerprint density at radius 2 is 2.32 bits per heavy atom. The second-order valence-electron chi connectivity index (χ2n) is 4.74. The predicted octanol–water partition coefficient (Wildman–Crippen LogP) is 2.35. The van der Waals surface area contributed by atoms with Crippen molar-refractivity contribution in [3.63, 3.8) is 0 Å². The van der Waals surface area contributed by atoms with E-state index in [4.69, 9.17) is 4.52 Å². The van der Waals surface area contributed by atoms with Crippen LogP contribution in [-0.4, -0.2) is 10.1 Å². The minimum atomic E-state index is 0.512. The highest BCUT2D eigenvalue weighted by Gasteiger charge is 2.16. The van der Waals surface area contributed by atoms with E-state index in [2.05, 4.69) is 21.5 Å². The smallest absolute Gasteiger partial charge is 0.144 e. The molecule has 2 aromatic heterocycles. The van der Waals surface area contributed by atoms with Crippen LogP contribution in [0.1, 0.15) is 34.7 Å². The number of nitrogens with zero attached hydrogens (tertiary/aromatic N) is 3. The molecule has 0 amide bonds. The van der Waals surface area contributed by atoms with Crippen molar-refractivity contribution in [1.29, 1.82) is 5.26 Å². The van der Waals surface area contributed by atoms with Gasteiger partial charge < -0.3 is 9.84 Å². The number of aryl methyl sites for hydroxylation is 3. The third-order valence-electron chi connectivity index (χ3n) is 3.28. The summed E-state index contributed by atoms with van der Waals surface area (Å²) in [6.07, 6.45) is 3.15. The lowest BCUT2D eigenvalue weighted by Gasteiger charge is -2.08. The molecule has 5 nitrogen and oxygen atoms in total. The van der Waals surface area contributed by atoms with Gasteiger partial charge in [0, 0.05) is 11.8 Å². The van der Waals surface area contributed by atoms with Crippen molar-refractivity contribution < 1.29 is 4.52 Å². The molecule has 1 aliphatic rings. The molecule has 0 aliphatic heterocycles. The van der Waals surface area contributed by atoms with Crippen molar-refractivity contribution >= 4 is 5.82 Å². The Morgan fingerprint density at radius 3 is 3.05 bits per heavy atom. The SMILES string of the molecule is Cc1cc(CNc2nc3c(cc2C#N)CCC3)no1. The fourth-order valence-corrected chi connectivity index (χ4v) is 2.37. The van der Waals surface area contributed by atoms with Crippen molar-refractivity contribution in [2.24, 2.45) is 0 Å². The maximum absolute atomic E-state index is 9.19. The number of hydrogen-bond donors (Lipinski definition) is 1. The lowest BCUT2D eigenvalue weighted by Crippen LogP contribution is -2.05. The van der Waals surface area contributed by atoms with Crippen LogP contribution in [0.5, 0.6) is 0 Å². The van der Waals surface area contributed by atoms with Gasteiger partial charge in [-0.1, -0.05) is 5.16 Å². The topological polar surface area (TPSA) is 74.7 Å². The summed E-state index contributed by atoms with van der Waals surface area (Å²) in [5, 5.41) is 16.3. The summed E-state index contributed by atoms with van der Waals surface area (Å²) in [6.45, 7) is 2.36. The molecule has 0 radical (unpaired) electrons. The second kappa shape index (κ2) is 4.73. The van der Waals surface area contributed by atoms with E-state index < -0.39 is 0 Å². The summed E-state index contributed by atoms with van der Waals surface area (Å²) in [4.78, 5) is 4.55. The van der Waals surface area contributed by atoms with E-state index in [1.807, 2.05) is 19.1 Å². The van der Waals surface area contributed by atoms with Gasteiger partial charge in [-0.2, -0.15) is 5.26 Å². The van der Waals surface area contributed by atoms with E-state index in [1.54, 1.807) is 0 Å². The van der Waals surface area contributed by atoms with Gasteiger partial charge in [-0.05, 0) is 37.8 Å². The van der Waals surface area contributed by atoms with Gasteiger partial charge in [-0.15, -0.1) is 0 Å². The van der Waals surface area contributed by atoms with Gasteiger partial charge >= 0.3 is 0 Å². The predicted molar refractivity (Wildman–Crippen MR) is 69.5 cm³/mol. The zero-order valence-electron chi connectivity index (χ0n) is 10.7. The van der Waals surface area contributed by atoms with Gasteiger partial charge in [0.05, 0.1) is 12.1 Å². The van der Waals surface area contributed by atoms with Crippen molar-refractivity contribution in [1.82, 2.24) is 10.1 Å². The summed E-state index contributed by atoms with van der Waals surface area (Å²) < 4.78 is 5.01. The molecule has 3 rings (SSSR count). The molecule has 0 aromatic carbocycles. The fraction of sp³-hybridized carbons (Fsp3) is 0.357. The molecule has 0 saturated carbocycles. The van der Waals surface area contributed by atoms with Gasteiger partial charge in [-0.3, -0.25) is 0 Å². The normalized spacial score (nSPS) is 13.1. The molecule has 0 fully saturated rings. The molecule has 2 heterocycles. The first kappa shape index (κ1) is 11.7. The Labute approximate surface area is 111 Å². The minimum Gasteiger partial charge on any atom is -0.363 e. The average molecular weight is 254 g/mol. The molecule has 1 aliphatic carbocycles. The van der Waals surface area contributed by atoms with Crippen LogP contribution in [0.25, 0.3) is 0 Å². The molecule has 0 atom stereocenters. The Morgan fingerprint density at radius 1 is 1.42 bits per heavy atom. The first-order valence-electron chi connectivity index (χ1n) is 6.35. The number of rotatable bonds is 3. The van der Waals surface area contributed by atoms with Gasteiger partial charge in [-0.25, -0.2) is 4.98 Å².